The van der Waals surface area contributed by atoms with Crippen LogP contribution in [0.3, 0.4) is 0 Å². The second-order valence-corrected chi connectivity index (χ2v) is 7.40. The normalized spacial score (nSPS) is 19.6. The monoisotopic (exact) mass is 373 g/mol. The molecule has 0 bridgehead atoms. The van der Waals surface area contributed by atoms with Gasteiger partial charge in [-0.2, -0.15) is 0 Å². The van der Waals surface area contributed by atoms with Crippen molar-refractivity contribution in [2.75, 3.05) is 45.9 Å². The lowest BCUT2D eigenvalue weighted by Crippen LogP contribution is -2.49. The highest BCUT2D eigenvalue weighted by Gasteiger charge is 2.30. The minimum atomic E-state index is -0.0124. The summed E-state index contributed by atoms with van der Waals surface area (Å²) in [5, 5.41) is 3.08. The molecule has 0 aromatic heterocycles. The van der Waals surface area contributed by atoms with E-state index in [9.17, 15) is 9.59 Å². The summed E-state index contributed by atoms with van der Waals surface area (Å²) in [7, 11) is 0. The Morgan fingerprint density at radius 1 is 1.07 bits per heavy atom. The number of hydrogen-bond acceptors (Lipinski definition) is 3. The number of hydrogen-bond donors (Lipinski definition) is 1. The topological polar surface area (TPSA) is 61.9 Å². The number of likely N-dealkylation sites (tertiary alicyclic amines) is 1. The van der Waals surface area contributed by atoms with Crippen molar-refractivity contribution < 1.29 is 14.3 Å². The van der Waals surface area contributed by atoms with Crippen LogP contribution in [0.15, 0.2) is 30.3 Å². The molecule has 1 unspecified atom stereocenters. The zero-order valence-corrected chi connectivity index (χ0v) is 16.2. The number of nitrogens with zero attached hydrogens (tertiary/aromatic N) is 2. The van der Waals surface area contributed by atoms with Crippen LogP contribution in [0.4, 0.5) is 4.79 Å². The molecule has 148 valence electrons. The van der Waals surface area contributed by atoms with E-state index in [1.807, 2.05) is 28.0 Å². The summed E-state index contributed by atoms with van der Waals surface area (Å²) in [4.78, 5) is 28.9. The van der Waals surface area contributed by atoms with Crippen LogP contribution in [-0.4, -0.2) is 67.7 Å². The van der Waals surface area contributed by atoms with Gasteiger partial charge in [-0.15, -0.1) is 0 Å². The average Bonchev–Trinajstić information content (AvgIpc) is 2.75. The van der Waals surface area contributed by atoms with Gasteiger partial charge in [-0.1, -0.05) is 37.3 Å². The van der Waals surface area contributed by atoms with Crippen LogP contribution in [0.5, 0.6) is 0 Å². The van der Waals surface area contributed by atoms with E-state index in [-0.39, 0.29) is 17.9 Å². The number of rotatable bonds is 5. The quantitative estimate of drug-likeness (QED) is 0.862. The predicted octanol–water partition coefficient (Wildman–Crippen LogP) is 2.46. The summed E-state index contributed by atoms with van der Waals surface area (Å²) in [6.07, 6.45) is 2.49. The van der Waals surface area contributed by atoms with E-state index >= 15 is 0 Å². The molecule has 0 saturated carbocycles. The van der Waals surface area contributed by atoms with E-state index < -0.39 is 0 Å². The lowest BCUT2D eigenvalue weighted by atomic mass is 9.95. The molecule has 1 atom stereocenters. The fourth-order valence-electron chi connectivity index (χ4n) is 3.92. The molecule has 1 N–H and O–H groups in total. The number of benzene rings is 1. The third-order valence-corrected chi connectivity index (χ3v) is 5.72. The van der Waals surface area contributed by atoms with Crippen LogP contribution < -0.4 is 5.32 Å². The van der Waals surface area contributed by atoms with Gasteiger partial charge in [-0.05, 0) is 24.8 Å². The van der Waals surface area contributed by atoms with E-state index in [1.165, 1.54) is 5.56 Å². The van der Waals surface area contributed by atoms with Gasteiger partial charge in [0.2, 0.25) is 5.91 Å². The van der Waals surface area contributed by atoms with Gasteiger partial charge in [0.25, 0.3) is 0 Å². The molecule has 6 heteroatoms. The first-order valence-corrected chi connectivity index (χ1v) is 10.1. The van der Waals surface area contributed by atoms with Crippen molar-refractivity contribution in [3.05, 3.63) is 35.9 Å². The fourth-order valence-corrected chi connectivity index (χ4v) is 3.92. The second-order valence-electron chi connectivity index (χ2n) is 7.40. The first-order valence-electron chi connectivity index (χ1n) is 10.1. The van der Waals surface area contributed by atoms with E-state index in [2.05, 4.69) is 24.4 Å². The largest absolute Gasteiger partial charge is 0.378 e. The molecular weight excluding hydrogens is 342 g/mol. The Morgan fingerprint density at radius 3 is 2.37 bits per heavy atom. The van der Waals surface area contributed by atoms with Gasteiger partial charge < -0.3 is 19.9 Å². The number of ether oxygens (including phenoxy) is 1. The first-order chi connectivity index (χ1) is 13.2. The van der Waals surface area contributed by atoms with Gasteiger partial charge in [0, 0.05) is 44.6 Å². The molecule has 2 aliphatic rings. The average molecular weight is 373 g/mol. The number of carbonyl (C=O) groups excluding carboxylic acids is 2. The molecule has 6 nitrogen and oxygen atoms in total. The third kappa shape index (κ3) is 5.22. The Balaban J connectivity index is 1.43. The van der Waals surface area contributed by atoms with E-state index in [4.69, 9.17) is 4.74 Å². The predicted molar refractivity (Wildman–Crippen MR) is 105 cm³/mol. The molecule has 2 heterocycles. The van der Waals surface area contributed by atoms with Crippen LogP contribution >= 0.6 is 0 Å². The summed E-state index contributed by atoms with van der Waals surface area (Å²) < 4.78 is 5.32. The Labute approximate surface area is 161 Å². The maximum Gasteiger partial charge on any atom is 0.317 e. The number of piperidine rings is 1. The van der Waals surface area contributed by atoms with Crippen LogP contribution in [0.2, 0.25) is 0 Å². The van der Waals surface area contributed by atoms with Crippen LogP contribution in [-0.2, 0) is 9.53 Å². The molecule has 2 saturated heterocycles. The molecule has 2 fully saturated rings. The van der Waals surface area contributed by atoms with Crippen molar-refractivity contribution in [1.82, 2.24) is 15.1 Å². The number of nitrogens with one attached hydrogen (secondary N) is 1. The van der Waals surface area contributed by atoms with Gasteiger partial charge in [-0.25, -0.2) is 4.79 Å². The molecular formula is C21H31N3O3. The van der Waals surface area contributed by atoms with Gasteiger partial charge in [-0.3, -0.25) is 4.79 Å². The zero-order chi connectivity index (χ0) is 19.1. The van der Waals surface area contributed by atoms with Crippen LogP contribution in [0.25, 0.3) is 0 Å². The van der Waals surface area contributed by atoms with Crippen molar-refractivity contribution in [1.29, 1.82) is 0 Å². The number of morpholine rings is 1. The number of amides is 3. The Morgan fingerprint density at radius 2 is 1.74 bits per heavy atom. The SMILES string of the molecule is CCC(CNC(=O)N1CCC(C(=O)N2CCOCC2)CC1)c1ccccc1. The number of urea groups is 1. The Hall–Kier alpha value is -2.08. The molecule has 0 spiro atoms. The highest BCUT2D eigenvalue weighted by Crippen LogP contribution is 2.21. The molecule has 27 heavy (non-hydrogen) atoms. The van der Waals surface area contributed by atoms with Gasteiger partial charge in [0.1, 0.15) is 0 Å². The van der Waals surface area contributed by atoms with E-state index in [0.717, 1.165) is 19.3 Å². The van der Waals surface area contributed by atoms with Crippen LogP contribution in [0.1, 0.15) is 37.7 Å². The van der Waals surface area contributed by atoms with Crippen molar-refractivity contribution in [3.63, 3.8) is 0 Å². The maximum absolute atomic E-state index is 12.6. The van der Waals surface area contributed by atoms with Crippen molar-refractivity contribution in [2.24, 2.45) is 5.92 Å². The van der Waals surface area contributed by atoms with Gasteiger partial charge >= 0.3 is 6.03 Å². The summed E-state index contributed by atoms with van der Waals surface area (Å²) in [5.41, 5.74) is 1.26. The molecule has 1 aromatic carbocycles. The summed E-state index contributed by atoms with van der Waals surface area (Å²) in [5.74, 6) is 0.601. The molecule has 2 aliphatic heterocycles. The highest BCUT2D eigenvalue weighted by atomic mass is 16.5. The zero-order valence-electron chi connectivity index (χ0n) is 16.2. The molecule has 1 aromatic rings. The minimum Gasteiger partial charge on any atom is -0.378 e. The summed E-state index contributed by atoms with van der Waals surface area (Å²) in [6, 6.07) is 10.3. The minimum absolute atomic E-state index is 0.0124. The second kappa shape index (κ2) is 9.74. The first kappa shape index (κ1) is 19.7. The Kier molecular flexibility index (Phi) is 7.10. The maximum atomic E-state index is 12.6. The van der Waals surface area contributed by atoms with E-state index in [0.29, 0.717) is 51.9 Å². The highest BCUT2D eigenvalue weighted by molar-refractivity contribution is 5.80. The van der Waals surface area contributed by atoms with Gasteiger partial charge in [0.05, 0.1) is 13.2 Å². The van der Waals surface area contributed by atoms with Crippen LogP contribution in [0, 0.1) is 5.92 Å². The molecule has 0 radical (unpaired) electrons. The fraction of sp³-hybridized carbons (Fsp3) is 0.619. The van der Waals surface area contributed by atoms with Crippen molar-refractivity contribution >= 4 is 11.9 Å². The molecule has 3 rings (SSSR count). The lowest BCUT2D eigenvalue weighted by molar-refractivity contribution is -0.141. The summed E-state index contributed by atoms with van der Waals surface area (Å²) in [6.45, 7) is 6.73. The molecule has 3 amide bonds. The van der Waals surface area contributed by atoms with Crippen molar-refractivity contribution in [2.45, 2.75) is 32.1 Å². The van der Waals surface area contributed by atoms with Gasteiger partial charge in [0.15, 0.2) is 0 Å². The number of carbonyl (C=O) groups is 2. The lowest BCUT2D eigenvalue weighted by Gasteiger charge is -2.35. The van der Waals surface area contributed by atoms with E-state index in [1.54, 1.807) is 0 Å². The smallest absolute Gasteiger partial charge is 0.317 e. The standard InChI is InChI=1S/C21H31N3O3/c1-2-17(18-6-4-3-5-7-18)16-22-21(26)24-10-8-19(9-11-24)20(25)23-12-14-27-15-13-23/h3-7,17,19H,2,8-16H2,1H3,(H,22,26). The summed E-state index contributed by atoms with van der Waals surface area (Å²) >= 11 is 0. The third-order valence-electron chi connectivity index (χ3n) is 5.72. The molecule has 0 aliphatic carbocycles. The van der Waals surface area contributed by atoms with Crippen molar-refractivity contribution in [3.8, 4) is 0 Å². The Bertz CT molecular complexity index is 608.